The average Bonchev–Trinajstić information content (AvgIpc) is 3.35. The summed E-state index contributed by atoms with van der Waals surface area (Å²) in [5, 5.41) is 0.201. The first kappa shape index (κ1) is 23.2. The fraction of sp³-hybridized carbons (Fsp3) is 0.320. The molecule has 0 aliphatic carbocycles. The first-order chi connectivity index (χ1) is 16.5. The number of pyridine rings is 2. The van der Waals surface area contributed by atoms with Crippen LogP contribution in [0.5, 0.6) is 0 Å². The van der Waals surface area contributed by atoms with Crippen molar-refractivity contribution in [3.63, 3.8) is 0 Å². The zero-order valence-electron chi connectivity index (χ0n) is 19.4. The Kier molecular flexibility index (Phi) is 6.72. The summed E-state index contributed by atoms with van der Waals surface area (Å²) >= 11 is 0. The van der Waals surface area contributed by atoms with Crippen LogP contribution in [-0.4, -0.2) is 32.4 Å². The molecule has 4 heterocycles. The predicted octanol–water partition coefficient (Wildman–Crippen LogP) is 3.33. The summed E-state index contributed by atoms with van der Waals surface area (Å²) in [6, 6.07) is 10.1. The summed E-state index contributed by atoms with van der Waals surface area (Å²) in [6.45, 7) is 5.76. The monoisotopic (exact) mass is 462 g/mol. The molecule has 9 nitrogen and oxygen atoms in total. The molecule has 0 N–H and O–H groups in total. The Morgan fingerprint density at radius 1 is 1.15 bits per heavy atom. The van der Waals surface area contributed by atoms with Gasteiger partial charge < -0.3 is 13.7 Å². The Bertz CT molecular complexity index is 1480. The molecule has 0 saturated heterocycles. The van der Waals surface area contributed by atoms with E-state index < -0.39 is 5.97 Å². The summed E-state index contributed by atoms with van der Waals surface area (Å²) in [5.74, 6) is -0.765. The molecule has 0 aliphatic heterocycles. The van der Waals surface area contributed by atoms with E-state index in [2.05, 4.69) is 9.98 Å². The van der Waals surface area contributed by atoms with Crippen molar-refractivity contribution >= 4 is 28.6 Å². The zero-order chi connectivity index (χ0) is 24.2. The molecule has 0 radical (unpaired) electrons. The van der Waals surface area contributed by atoms with Crippen molar-refractivity contribution in [2.24, 2.45) is 10.9 Å². The van der Waals surface area contributed by atoms with Gasteiger partial charge in [0.15, 0.2) is 5.49 Å². The third-order valence-corrected chi connectivity index (χ3v) is 5.73. The summed E-state index contributed by atoms with van der Waals surface area (Å²) < 4.78 is 13.8. The number of fused-ring (bicyclic) bond motifs is 2. The minimum absolute atomic E-state index is 0.0231. The third-order valence-electron chi connectivity index (χ3n) is 5.73. The van der Waals surface area contributed by atoms with Crippen LogP contribution in [0.3, 0.4) is 0 Å². The maximum absolute atomic E-state index is 13.3. The van der Waals surface area contributed by atoms with E-state index in [-0.39, 0.29) is 52.6 Å². The van der Waals surface area contributed by atoms with E-state index in [1.54, 1.807) is 48.0 Å². The van der Waals surface area contributed by atoms with Crippen LogP contribution in [0.4, 0.5) is 0 Å². The lowest BCUT2D eigenvalue weighted by molar-refractivity contribution is -0.122. The van der Waals surface area contributed by atoms with E-state index in [0.717, 1.165) is 0 Å². The largest absolute Gasteiger partial charge is 0.467 e. The molecule has 0 fully saturated rings. The quantitative estimate of drug-likeness (QED) is 0.308. The molecule has 0 atom stereocenters. The number of nitrogens with zero attached hydrogens (tertiary/aromatic N) is 4. The minimum Gasteiger partial charge on any atom is -0.467 e. The van der Waals surface area contributed by atoms with Gasteiger partial charge in [0, 0.05) is 12.1 Å². The van der Waals surface area contributed by atoms with Crippen LogP contribution in [-0.2, 0) is 16.1 Å². The van der Waals surface area contributed by atoms with Gasteiger partial charge in [0.05, 0.1) is 24.8 Å². The number of amides is 1. The van der Waals surface area contributed by atoms with E-state index in [1.165, 1.54) is 16.7 Å². The van der Waals surface area contributed by atoms with Gasteiger partial charge in [-0.25, -0.2) is 9.78 Å². The van der Waals surface area contributed by atoms with E-state index in [0.29, 0.717) is 24.2 Å². The summed E-state index contributed by atoms with van der Waals surface area (Å²) in [7, 11) is 0. The second kappa shape index (κ2) is 9.86. The van der Waals surface area contributed by atoms with E-state index in [4.69, 9.17) is 9.15 Å². The maximum Gasteiger partial charge on any atom is 0.341 e. The number of esters is 1. The molecule has 0 saturated carbocycles. The summed E-state index contributed by atoms with van der Waals surface area (Å²) in [6.07, 6.45) is 4.37. The molecule has 0 aliphatic rings. The number of aromatic nitrogens is 3. The fourth-order valence-corrected chi connectivity index (χ4v) is 3.90. The Morgan fingerprint density at radius 2 is 1.94 bits per heavy atom. The third kappa shape index (κ3) is 4.28. The molecule has 4 aromatic rings. The van der Waals surface area contributed by atoms with Crippen molar-refractivity contribution < 1.29 is 18.7 Å². The van der Waals surface area contributed by atoms with Crippen LogP contribution in [0, 0.1) is 5.92 Å². The van der Waals surface area contributed by atoms with Crippen LogP contribution in [0.15, 0.2) is 63.1 Å². The molecule has 0 unspecified atom stereocenters. The molecule has 9 heteroatoms. The van der Waals surface area contributed by atoms with E-state index in [9.17, 15) is 14.4 Å². The normalized spacial score (nSPS) is 12.1. The van der Waals surface area contributed by atoms with Gasteiger partial charge in [0.2, 0.25) is 0 Å². The molecule has 0 spiro atoms. The Labute approximate surface area is 195 Å². The predicted molar refractivity (Wildman–Crippen MR) is 125 cm³/mol. The van der Waals surface area contributed by atoms with Crippen molar-refractivity contribution in [3.05, 3.63) is 76.0 Å². The summed E-state index contributed by atoms with van der Waals surface area (Å²) in [5.41, 5.74) is 0.477. The molecular formula is C25H26N4O5. The lowest BCUT2D eigenvalue weighted by Gasteiger charge is -2.15. The van der Waals surface area contributed by atoms with Gasteiger partial charge in [0.25, 0.3) is 11.5 Å². The van der Waals surface area contributed by atoms with Crippen molar-refractivity contribution in [2.75, 3.05) is 6.61 Å². The lowest BCUT2D eigenvalue weighted by Crippen LogP contribution is -2.33. The standard InChI is InChI=1S/C25H26N4O5/c1-4-16(5-2)23(30)27-22-19(25(32)33-6-3)14-18-21(29(22)15-17-10-9-13-34-17)26-20-11-7-8-12-28(20)24(18)31/h7-14,16H,4-6,15H2,1-3H3. The van der Waals surface area contributed by atoms with Crippen LogP contribution >= 0.6 is 0 Å². The topological polar surface area (TPSA) is 108 Å². The Balaban J connectivity index is 2.15. The van der Waals surface area contributed by atoms with Gasteiger partial charge in [-0.3, -0.25) is 14.0 Å². The van der Waals surface area contributed by atoms with Crippen molar-refractivity contribution in [1.82, 2.24) is 14.0 Å². The molecule has 1 amide bonds. The number of carbonyl (C=O) groups is 2. The van der Waals surface area contributed by atoms with Crippen molar-refractivity contribution in [3.8, 4) is 0 Å². The molecule has 176 valence electrons. The number of ether oxygens (including phenoxy) is 1. The number of carbonyl (C=O) groups excluding carboxylic acids is 2. The van der Waals surface area contributed by atoms with Gasteiger partial charge in [-0.05, 0) is 50.1 Å². The maximum atomic E-state index is 13.3. The lowest BCUT2D eigenvalue weighted by atomic mass is 10.0. The second-order valence-electron chi connectivity index (χ2n) is 7.81. The highest BCUT2D eigenvalue weighted by Crippen LogP contribution is 2.15. The van der Waals surface area contributed by atoms with Crippen molar-refractivity contribution in [1.29, 1.82) is 0 Å². The number of hydrogen-bond donors (Lipinski definition) is 0. The molecular weight excluding hydrogens is 436 g/mol. The molecule has 4 aromatic heterocycles. The Hall–Kier alpha value is -4.01. The van der Waals surface area contributed by atoms with Gasteiger partial charge in [-0.15, -0.1) is 0 Å². The van der Waals surface area contributed by atoms with Crippen LogP contribution in [0.2, 0.25) is 0 Å². The molecule has 34 heavy (non-hydrogen) atoms. The molecule has 0 bridgehead atoms. The number of furan rings is 1. The van der Waals surface area contributed by atoms with Crippen LogP contribution in [0.25, 0.3) is 16.7 Å². The average molecular weight is 463 g/mol. The summed E-state index contributed by atoms with van der Waals surface area (Å²) in [4.78, 5) is 48.4. The first-order valence-corrected chi connectivity index (χ1v) is 11.3. The van der Waals surface area contributed by atoms with Crippen molar-refractivity contribution in [2.45, 2.75) is 40.2 Å². The highest BCUT2D eigenvalue weighted by Gasteiger charge is 2.22. The van der Waals surface area contributed by atoms with E-state index >= 15 is 0 Å². The molecule has 0 aromatic carbocycles. The highest BCUT2D eigenvalue weighted by atomic mass is 16.5. The molecule has 4 rings (SSSR count). The minimum atomic E-state index is -0.675. The van der Waals surface area contributed by atoms with Gasteiger partial charge in [-0.2, -0.15) is 4.99 Å². The smallest absolute Gasteiger partial charge is 0.341 e. The number of hydrogen-bond acceptors (Lipinski definition) is 6. The van der Waals surface area contributed by atoms with E-state index in [1.807, 2.05) is 13.8 Å². The number of rotatable bonds is 7. The van der Waals surface area contributed by atoms with Gasteiger partial charge in [-0.1, -0.05) is 19.9 Å². The second-order valence-corrected chi connectivity index (χ2v) is 7.81. The van der Waals surface area contributed by atoms with Crippen LogP contribution in [0.1, 0.15) is 49.7 Å². The van der Waals surface area contributed by atoms with Gasteiger partial charge in [0.1, 0.15) is 22.6 Å². The van der Waals surface area contributed by atoms with Crippen LogP contribution < -0.4 is 11.0 Å². The fourth-order valence-electron chi connectivity index (χ4n) is 3.90. The van der Waals surface area contributed by atoms with Gasteiger partial charge >= 0.3 is 5.97 Å². The first-order valence-electron chi connectivity index (χ1n) is 11.3. The SMILES string of the molecule is CCOC(=O)c1cc2c(=O)n3ccccc3nc2n(Cc2ccco2)c1=NC(=O)C(CC)CC. The zero-order valence-corrected chi connectivity index (χ0v) is 19.4. The highest BCUT2D eigenvalue weighted by molar-refractivity contribution is 5.94. The Morgan fingerprint density at radius 3 is 2.62 bits per heavy atom.